The smallest absolute Gasteiger partial charge is 0.247 e. The van der Waals surface area contributed by atoms with Crippen LogP contribution >= 0.6 is 0 Å². The largest absolute Gasteiger partial charge is 0.423 e. The van der Waals surface area contributed by atoms with E-state index in [2.05, 4.69) is 15.2 Å². The summed E-state index contributed by atoms with van der Waals surface area (Å²) in [4.78, 5) is 4.10. The Balaban J connectivity index is 2.52. The van der Waals surface area contributed by atoms with Gasteiger partial charge in [0.15, 0.2) is 0 Å². The van der Waals surface area contributed by atoms with Crippen LogP contribution in [0, 0.1) is 5.41 Å². The van der Waals surface area contributed by atoms with Crippen molar-refractivity contribution in [1.82, 2.24) is 10.2 Å². The van der Waals surface area contributed by atoms with Gasteiger partial charge in [-0.1, -0.05) is 0 Å². The number of hydrogen-bond donors (Lipinski definition) is 3. The Morgan fingerprint density at radius 3 is 2.90 bits per heavy atom. The molecule has 108 valence electrons. The number of allylic oxidation sites excluding steroid dienone is 1. The SMILES string of the molecule is CCN=CC(C=N)=C(N)c1cc(-c2nnco2)ccc1N. The molecule has 0 spiro atoms. The zero-order chi connectivity index (χ0) is 15.2. The van der Waals surface area contributed by atoms with Gasteiger partial charge in [0.2, 0.25) is 12.3 Å². The van der Waals surface area contributed by atoms with Crippen molar-refractivity contribution in [1.29, 1.82) is 5.41 Å². The summed E-state index contributed by atoms with van der Waals surface area (Å²) in [6.07, 6.45) is 3.95. The zero-order valence-corrected chi connectivity index (χ0v) is 11.6. The number of nitrogens with zero attached hydrogens (tertiary/aromatic N) is 3. The summed E-state index contributed by atoms with van der Waals surface area (Å²) in [7, 11) is 0. The van der Waals surface area contributed by atoms with Crippen LogP contribution in [0.25, 0.3) is 17.2 Å². The van der Waals surface area contributed by atoms with Crippen molar-refractivity contribution in [2.75, 3.05) is 12.3 Å². The number of nitrogens with two attached hydrogens (primary N) is 2. The Morgan fingerprint density at radius 1 is 1.48 bits per heavy atom. The molecule has 0 aliphatic rings. The lowest BCUT2D eigenvalue weighted by Crippen LogP contribution is -2.07. The van der Waals surface area contributed by atoms with E-state index in [1.807, 2.05) is 6.92 Å². The Morgan fingerprint density at radius 2 is 2.29 bits per heavy atom. The summed E-state index contributed by atoms with van der Waals surface area (Å²) in [5, 5.41) is 14.9. The summed E-state index contributed by atoms with van der Waals surface area (Å²) < 4.78 is 5.15. The van der Waals surface area contributed by atoms with Gasteiger partial charge in [-0.15, -0.1) is 10.2 Å². The highest BCUT2D eigenvalue weighted by molar-refractivity contribution is 6.11. The van der Waals surface area contributed by atoms with Crippen molar-refractivity contribution < 1.29 is 4.42 Å². The number of aliphatic imine (C=N–C) groups is 1. The van der Waals surface area contributed by atoms with Crippen molar-refractivity contribution in [3.8, 4) is 11.5 Å². The van der Waals surface area contributed by atoms with Crippen molar-refractivity contribution >= 4 is 23.8 Å². The summed E-state index contributed by atoms with van der Waals surface area (Å²) in [5.74, 6) is 0.377. The molecule has 0 atom stereocenters. The Kier molecular flexibility index (Phi) is 4.45. The lowest BCUT2D eigenvalue weighted by Gasteiger charge is -2.09. The molecule has 1 aromatic carbocycles. The third-order valence-corrected chi connectivity index (χ3v) is 2.83. The first kappa shape index (κ1) is 14.4. The molecule has 0 aliphatic heterocycles. The minimum Gasteiger partial charge on any atom is -0.423 e. The molecule has 21 heavy (non-hydrogen) atoms. The van der Waals surface area contributed by atoms with E-state index in [0.717, 1.165) is 6.21 Å². The third-order valence-electron chi connectivity index (χ3n) is 2.83. The van der Waals surface area contributed by atoms with Gasteiger partial charge in [0.1, 0.15) is 0 Å². The highest BCUT2D eigenvalue weighted by Crippen LogP contribution is 2.26. The van der Waals surface area contributed by atoms with E-state index in [0.29, 0.717) is 40.5 Å². The predicted molar refractivity (Wildman–Crippen MR) is 83.1 cm³/mol. The molecule has 1 heterocycles. The average Bonchev–Trinajstić information content (AvgIpc) is 3.02. The van der Waals surface area contributed by atoms with Crippen LogP contribution in [-0.2, 0) is 0 Å². The molecule has 0 aliphatic carbocycles. The monoisotopic (exact) mass is 284 g/mol. The number of rotatable bonds is 5. The summed E-state index contributed by atoms with van der Waals surface area (Å²) in [5.41, 5.74) is 14.7. The van der Waals surface area contributed by atoms with E-state index in [9.17, 15) is 0 Å². The fourth-order valence-electron chi connectivity index (χ4n) is 1.75. The van der Waals surface area contributed by atoms with Crippen molar-refractivity contribution in [2.24, 2.45) is 10.7 Å². The van der Waals surface area contributed by atoms with Crippen LogP contribution in [-0.4, -0.2) is 29.2 Å². The molecular weight excluding hydrogens is 268 g/mol. The highest BCUT2D eigenvalue weighted by Gasteiger charge is 2.11. The second-order valence-corrected chi connectivity index (χ2v) is 4.19. The molecule has 0 unspecified atom stereocenters. The minimum absolute atomic E-state index is 0.376. The van der Waals surface area contributed by atoms with Gasteiger partial charge in [-0.05, 0) is 25.1 Å². The summed E-state index contributed by atoms with van der Waals surface area (Å²) in [6, 6.07) is 5.23. The van der Waals surface area contributed by atoms with Gasteiger partial charge >= 0.3 is 0 Å². The molecular formula is C14H16N6O. The maximum absolute atomic E-state index is 7.45. The van der Waals surface area contributed by atoms with Crippen LogP contribution in [0.15, 0.2) is 39.6 Å². The van der Waals surface area contributed by atoms with Gasteiger partial charge < -0.3 is 21.3 Å². The minimum atomic E-state index is 0.376. The number of nitrogen functional groups attached to an aromatic ring is 1. The van der Waals surface area contributed by atoms with Gasteiger partial charge in [-0.2, -0.15) is 0 Å². The lowest BCUT2D eigenvalue weighted by molar-refractivity contribution is 0.568. The van der Waals surface area contributed by atoms with Crippen LogP contribution in [0.4, 0.5) is 5.69 Å². The second kappa shape index (κ2) is 6.47. The maximum Gasteiger partial charge on any atom is 0.247 e. The van der Waals surface area contributed by atoms with Gasteiger partial charge in [0.25, 0.3) is 0 Å². The van der Waals surface area contributed by atoms with Crippen molar-refractivity contribution in [3.63, 3.8) is 0 Å². The number of aromatic nitrogens is 2. The Bertz CT molecular complexity index is 687. The fourth-order valence-corrected chi connectivity index (χ4v) is 1.75. The molecule has 0 amide bonds. The quantitative estimate of drug-likeness (QED) is 0.569. The van der Waals surface area contributed by atoms with Crippen molar-refractivity contribution in [2.45, 2.75) is 6.92 Å². The maximum atomic E-state index is 7.45. The molecule has 0 radical (unpaired) electrons. The highest BCUT2D eigenvalue weighted by atomic mass is 16.4. The molecule has 1 aromatic heterocycles. The van der Waals surface area contributed by atoms with Crippen LogP contribution in [0.1, 0.15) is 12.5 Å². The van der Waals surface area contributed by atoms with E-state index < -0.39 is 0 Å². The second-order valence-electron chi connectivity index (χ2n) is 4.19. The van der Waals surface area contributed by atoms with Gasteiger partial charge in [-0.3, -0.25) is 4.99 Å². The first-order valence-electron chi connectivity index (χ1n) is 6.33. The summed E-state index contributed by atoms with van der Waals surface area (Å²) in [6.45, 7) is 2.51. The molecule has 7 nitrogen and oxygen atoms in total. The average molecular weight is 284 g/mol. The molecule has 0 saturated heterocycles. The first-order valence-corrected chi connectivity index (χ1v) is 6.33. The van der Waals surface area contributed by atoms with E-state index in [-0.39, 0.29) is 0 Å². The van der Waals surface area contributed by atoms with E-state index in [1.54, 1.807) is 24.4 Å². The fraction of sp³-hybridized carbons (Fsp3) is 0.143. The first-order chi connectivity index (χ1) is 10.2. The molecule has 7 heteroatoms. The van der Waals surface area contributed by atoms with Gasteiger partial charge in [0, 0.05) is 41.4 Å². The Labute approximate surface area is 121 Å². The topological polar surface area (TPSA) is 127 Å². The van der Waals surface area contributed by atoms with Crippen LogP contribution in [0.3, 0.4) is 0 Å². The van der Waals surface area contributed by atoms with Crippen LogP contribution in [0.5, 0.6) is 0 Å². The molecule has 2 rings (SSSR count). The molecule has 0 saturated carbocycles. The number of hydrogen-bond acceptors (Lipinski definition) is 7. The van der Waals surface area contributed by atoms with Crippen LogP contribution in [0.2, 0.25) is 0 Å². The standard InChI is InChI=1S/C14H16N6O/c1-2-18-7-10(6-15)13(17)11-5-9(3-4-12(11)16)14-20-19-8-21-14/h3-8,15H,2,16-17H2,1H3. The number of benzene rings is 1. The van der Waals surface area contributed by atoms with E-state index >= 15 is 0 Å². The third kappa shape index (κ3) is 3.14. The van der Waals surface area contributed by atoms with E-state index in [1.165, 1.54) is 6.39 Å². The Hall–Kier alpha value is -2.96. The number of nitrogens with one attached hydrogen (secondary N) is 1. The van der Waals surface area contributed by atoms with Gasteiger partial charge in [0.05, 0.1) is 5.70 Å². The summed E-state index contributed by atoms with van der Waals surface area (Å²) >= 11 is 0. The lowest BCUT2D eigenvalue weighted by atomic mass is 10.0. The van der Waals surface area contributed by atoms with Gasteiger partial charge in [-0.25, -0.2) is 0 Å². The van der Waals surface area contributed by atoms with E-state index in [4.69, 9.17) is 21.3 Å². The molecule has 5 N–H and O–H groups in total. The zero-order valence-electron chi connectivity index (χ0n) is 11.6. The molecule has 0 fully saturated rings. The normalized spacial score (nSPS) is 12.4. The molecule has 2 aromatic rings. The number of anilines is 1. The predicted octanol–water partition coefficient (Wildman–Crippen LogP) is 1.73. The van der Waals surface area contributed by atoms with Crippen LogP contribution < -0.4 is 11.5 Å². The molecule has 0 bridgehead atoms. The van der Waals surface area contributed by atoms with Crippen molar-refractivity contribution in [3.05, 3.63) is 35.7 Å².